The van der Waals surface area contributed by atoms with Crippen LogP contribution >= 0.6 is 0 Å². The minimum atomic E-state index is -0.852. The van der Waals surface area contributed by atoms with Crippen molar-refractivity contribution in [2.75, 3.05) is 0 Å². The molecule has 0 aromatic heterocycles. The summed E-state index contributed by atoms with van der Waals surface area (Å²) in [5.41, 5.74) is 0.0377. The van der Waals surface area contributed by atoms with Gasteiger partial charge in [-0.1, -0.05) is 49.2 Å². The minimum Gasteiger partial charge on any atom is -0.457 e. The number of nitriles is 1. The summed E-state index contributed by atoms with van der Waals surface area (Å²) in [6.45, 7) is 0.352. The van der Waals surface area contributed by atoms with Crippen molar-refractivity contribution < 1.29 is 9.53 Å². The van der Waals surface area contributed by atoms with Crippen molar-refractivity contribution in [3.05, 3.63) is 60.2 Å². The highest BCUT2D eigenvalue weighted by Crippen LogP contribution is 2.37. The molecular weight excluding hydrogens is 300 g/mol. The Labute approximate surface area is 142 Å². The van der Waals surface area contributed by atoms with Gasteiger partial charge in [0, 0.05) is 12.1 Å². The topological polar surface area (TPSA) is 62.1 Å². The Kier molecular flexibility index (Phi) is 4.81. The van der Waals surface area contributed by atoms with Crippen LogP contribution in [0.4, 0.5) is 0 Å². The zero-order valence-electron chi connectivity index (χ0n) is 13.5. The van der Waals surface area contributed by atoms with Crippen molar-refractivity contribution in [1.29, 1.82) is 5.26 Å². The molecule has 0 spiro atoms. The number of para-hydroxylation sites is 2. The number of benzene rings is 2. The maximum atomic E-state index is 12.5. The summed E-state index contributed by atoms with van der Waals surface area (Å²) in [6, 6.07) is 19.4. The van der Waals surface area contributed by atoms with Gasteiger partial charge < -0.3 is 10.1 Å². The molecule has 4 nitrogen and oxygen atoms in total. The highest BCUT2D eigenvalue weighted by molar-refractivity contribution is 5.85. The molecule has 0 bridgehead atoms. The van der Waals surface area contributed by atoms with E-state index in [9.17, 15) is 10.1 Å². The van der Waals surface area contributed by atoms with Gasteiger partial charge in [-0.05, 0) is 31.0 Å². The van der Waals surface area contributed by atoms with E-state index in [1.54, 1.807) is 0 Å². The minimum absolute atomic E-state index is 0.169. The van der Waals surface area contributed by atoms with E-state index in [0.29, 0.717) is 25.1 Å². The first kappa shape index (κ1) is 16.1. The van der Waals surface area contributed by atoms with Crippen LogP contribution in [0, 0.1) is 16.7 Å². The number of carbonyl (C=O) groups excluding carboxylic acids is 1. The van der Waals surface area contributed by atoms with E-state index >= 15 is 0 Å². The van der Waals surface area contributed by atoms with E-state index in [1.165, 1.54) is 0 Å². The lowest BCUT2D eigenvalue weighted by Crippen LogP contribution is -2.37. The van der Waals surface area contributed by atoms with Crippen LogP contribution in [0.5, 0.6) is 11.5 Å². The molecule has 0 heterocycles. The monoisotopic (exact) mass is 320 g/mol. The Morgan fingerprint density at radius 2 is 1.75 bits per heavy atom. The standard InChI is InChI=1S/C20H20N2O2/c21-15-20(12-6-7-13-20)19(23)22-14-16-8-4-5-11-18(16)24-17-9-2-1-3-10-17/h1-5,8-11H,6-7,12-14H2,(H,22,23). The molecular formula is C20H20N2O2. The normalized spacial score (nSPS) is 15.5. The molecule has 1 fully saturated rings. The third-order valence-corrected chi connectivity index (χ3v) is 4.49. The van der Waals surface area contributed by atoms with Crippen molar-refractivity contribution in [2.24, 2.45) is 5.41 Å². The first-order valence-electron chi connectivity index (χ1n) is 8.24. The second-order valence-electron chi connectivity index (χ2n) is 6.11. The third kappa shape index (κ3) is 3.41. The molecule has 1 aliphatic carbocycles. The fourth-order valence-electron chi connectivity index (χ4n) is 3.08. The summed E-state index contributed by atoms with van der Waals surface area (Å²) in [4.78, 5) is 12.5. The number of nitrogens with zero attached hydrogens (tertiary/aromatic N) is 1. The summed E-state index contributed by atoms with van der Waals surface area (Å²) in [6.07, 6.45) is 3.18. The van der Waals surface area contributed by atoms with Gasteiger partial charge in [-0.25, -0.2) is 0 Å². The average molecular weight is 320 g/mol. The van der Waals surface area contributed by atoms with Crippen molar-refractivity contribution in [2.45, 2.75) is 32.2 Å². The van der Waals surface area contributed by atoms with E-state index in [-0.39, 0.29) is 5.91 Å². The van der Waals surface area contributed by atoms with Crippen molar-refractivity contribution in [3.8, 4) is 17.6 Å². The van der Waals surface area contributed by atoms with Gasteiger partial charge in [-0.15, -0.1) is 0 Å². The van der Waals surface area contributed by atoms with Crippen molar-refractivity contribution in [3.63, 3.8) is 0 Å². The molecule has 122 valence electrons. The molecule has 3 rings (SSSR count). The van der Waals surface area contributed by atoms with Crippen LogP contribution in [0.3, 0.4) is 0 Å². The summed E-state index contributed by atoms with van der Waals surface area (Å²) in [7, 11) is 0. The van der Waals surface area contributed by atoms with Crippen LogP contribution in [0.2, 0.25) is 0 Å². The summed E-state index contributed by atoms with van der Waals surface area (Å²) >= 11 is 0. The summed E-state index contributed by atoms with van der Waals surface area (Å²) in [5.74, 6) is 1.29. The van der Waals surface area contributed by atoms with Gasteiger partial charge in [0.2, 0.25) is 5.91 Å². The smallest absolute Gasteiger partial charge is 0.240 e. The van der Waals surface area contributed by atoms with E-state index in [2.05, 4.69) is 11.4 Å². The van der Waals surface area contributed by atoms with Gasteiger partial charge >= 0.3 is 0 Å². The molecule has 1 N–H and O–H groups in total. The largest absolute Gasteiger partial charge is 0.457 e. The Bertz CT molecular complexity index is 744. The summed E-state index contributed by atoms with van der Waals surface area (Å²) < 4.78 is 5.90. The molecule has 1 saturated carbocycles. The maximum Gasteiger partial charge on any atom is 0.240 e. The lowest BCUT2D eigenvalue weighted by atomic mass is 9.87. The van der Waals surface area contributed by atoms with Crippen LogP contribution in [-0.2, 0) is 11.3 Å². The molecule has 2 aromatic rings. The quantitative estimate of drug-likeness (QED) is 0.899. The molecule has 24 heavy (non-hydrogen) atoms. The highest BCUT2D eigenvalue weighted by atomic mass is 16.5. The lowest BCUT2D eigenvalue weighted by Gasteiger charge is -2.20. The predicted molar refractivity (Wildman–Crippen MR) is 91.3 cm³/mol. The Balaban J connectivity index is 1.70. The number of carbonyl (C=O) groups is 1. The van der Waals surface area contributed by atoms with E-state index in [0.717, 1.165) is 24.2 Å². The van der Waals surface area contributed by atoms with E-state index < -0.39 is 5.41 Å². The van der Waals surface area contributed by atoms with Crippen LogP contribution in [0.1, 0.15) is 31.2 Å². The maximum absolute atomic E-state index is 12.5. The van der Waals surface area contributed by atoms with Gasteiger partial charge in [0.1, 0.15) is 16.9 Å². The van der Waals surface area contributed by atoms with Crippen LogP contribution in [0.25, 0.3) is 0 Å². The third-order valence-electron chi connectivity index (χ3n) is 4.49. The number of nitrogens with one attached hydrogen (secondary N) is 1. The number of rotatable bonds is 5. The molecule has 0 radical (unpaired) electrons. The molecule has 1 amide bonds. The predicted octanol–water partition coefficient (Wildman–Crippen LogP) is 4.18. The molecule has 4 heteroatoms. The number of hydrogen-bond acceptors (Lipinski definition) is 3. The molecule has 0 aliphatic heterocycles. The summed E-state index contributed by atoms with van der Waals surface area (Å²) in [5, 5.41) is 12.3. The van der Waals surface area contributed by atoms with Gasteiger partial charge in [0.05, 0.1) is 6.07 Å². The molecule has 0 saturated heterocycles. The highest BCUT2D eigenvalue weighted by Gasteiger charge is 2.41. The second kappa shape index (κ2) is 7.18. The zero-order chi connectivity index (χ0) is 16.8. The molecule has 1 aliphatic rings. The molecule has 0 unspecified atom stereocenters. The van der Waals surface area contributed by atoms with E-state index in [4.69, 9.17) is 4.74 Å². The number of ether oxygens (including phenoxy) is 1. The van der Waals surface area contributed by atoms with E-state index in [1.807, 2.05) is 54.6 Å². The Hall–Kier alpha value is -2.80. The Morgan fingerprint density at radius 1 is 1.08 bits per heavy atom. The van der Waals surface area contributed by atoms with Crippen LogP contribution < -0.4 is 10.1 Å². The molecule has 0 atom stereocenters. The first-order chi connectivity index (χ1) is 11.7. The fraction of sp³-hybridized carbons (Fsp3) is 0.300. The van der Waals surface area contributed by atoms with Gasteiger partial charge in [0.15, 0.2) is 0 Å². The number of amides is 1. The zero-order valence-corrected chi connectivity index (χ0v) is 13.5. The van der Waals surface area contributed by atoms with Crippen LogP contribution in [-0.4, -0.2) is 5.91 Å². The first-order valence-corrected chi connectivity index (χ1v) is 8.24. The van der Waals surface area contributed by atoms with Crippen molar-refractivity contribution >= 4 is 5.91 Å². The average Bonchev–Trinajstić information content (AvgIpc) is 3.12. The second-order valence-corrected chi connectivity index (χ2v) is 6.11. The van der Waals surface area contributed by atoms with Crippen molar-refractivity contribution in [1.82, 2.24) is 5.32 Å². The fourth-order valence-corrected chi connectivity index (χ4v) is 3.08. The van der Waals surface area contributed by atoms with Gasteiger partial charge in [0.25, 0.3) is 0 Å². The SMILES string of the molecule is N#CC1(C(=O)NCc2ccccc2Oc2ccccc2)CCCC1. The van der Waals surface area contributed by atoms with Crippen LogP contribution in [0.15, 0.2) is 54.6 Å². The Morgan fingerprint density at radius 3 is 2.46 bits per heavy atom. The number of hydrogen-bond donors (Lipinski definition) is 1. The van der Waals surface area contributed by atoms with Gasteiger partial charge in [-0.3, -0.25) is 4.79 Å². The lowest BCUT2D eigenvalue weighted by molar-refractivity contribution is -0.128. The van der Waals surface area contributed by atoms with Gasteiger partial charge in [-0.2, -0.15) is 5.26 Å². The molecule has 2 aromatic carbocycles.